The fourth-order valence-corrected chi connectivity index (χ4v) is 8.13. The quantitative estimate of drug-likeness (QED) is 0.150. The van der Waals surface area contributed by atoms with Gasteiger partial charge in [0, 0.05) is 39.3 Å². The molecule has 222 valence electrons. The summed E-state index contributed by atoms with van der Waals surface area (Å²) in [6, 6.07) is 45.1. The van der Waals surface area contributed by atoms with Gasteiger partial charge in [-0.15, -0.1) is 0 Å². The van der Waals surface area contributed by atoms with Gasteiger partial charge in [-0.1, -0.05) is 107 Å². The minimum atomic E-state index is -0.319. The van der Waals surface area contributed by atoms with E-state index >= 15 is 0 Å². The van der Waals surface area contributed by atoms with Gasteiger partial charge in [0.25, 0.3) is 0 Å². The molecule has 0 fully saturated rings. The van der Waals surface area contributed by atoms with Crippen LogP contribution in [0.3, 0.4) is 0 Å². The number of anilines is 3. The zero-order valence-corrected chi connectivity index (χ0v) is 26.4. The van der Waals surface area contributed by atoms with Crippen molar-refractivity contribution in [2.45, 2.75) is 38.5 Å². The molecule has 9 rings (SSSR count). The number of nitrogens with zero attached hydrogens (tertiary/aromatic N) is 1. The zero-order chi connectivity index (χ0) is 31.4. The first-order valence-corrected chi connectivity index (χ1v) is 16.0. The average molecular weight is 596 g/mol. The van der Waals surface area contributed by atoms with E-state index in [1.54, 1.807) is 0 Å². The molecular formula is C43H33NO2. The molecule has 6 aromatic carbocycles. The maximum atomic E-state index is 13.0. The van der Waals surface area contributed by atoms with Crippen LogP contribution in [-0.4, -0.2) is 0 Å². The Kier molecular flexibility index (Phi) is 5.45. The van der Waals surface area contributed by atoms with Crippen LogP contribution < -0.4 is 10.5 Å². The Morgan fingerprint density at radius 2 is 0.978 bits per heavy atom. The third kappa shape index (κ3) is 3.63. The topological polar surface area (TPSA) is 33.5 Å². The molecule has 1 heterocycles. The van der Waals surface area contributed by atoms with E-state index in [0.29, 0.717) is 11.0 Å². The highest BCUT2D eigenvalue weighted by atomic mass is 16.4. The van der Waals surface area contributed by atoms with Gasteiger partial charge >= 0.3 is 5.63 Å². The summed E-state index contributed by atoms with van der Waals surface area (Å²) < 4.78 is 5.95. The van der Waals surface area contributed by atoms with Crippen molar-refractivity contribution in [3.8, 4) is 22.3 Å². The molecule has 0 unspecified atom stereocenters. The molecule has 0 atom stereocenters. The van der Waals surface area contributed by atoms with Crippen molar-refractivity contribution in [2.24, 2.45) is 0 Å². The van der Waals surface area contributed by atoms with E-state index in [9.17, 15) is 4.79 Å². The molecule has 0 spiro atoms. The number of rotatable bonds is 3. The van der Waals surface area contributed by atoms with Gasteiger partial charge in [0.05, 0.1) is 5.39 Å². The zero-order valence-electron chi connectivity index (χ0n) is 26.4. The maximum absolute atomic E-state index is 13.0. The van der Waals surface area contributed by atoms with Gasteiger partial charge in [-0.05, 0) is 92.4 Å². The van der Waals surface area contributed by atoms with E-state index < -0.39 is 0 Å². The van der Waals surface area contributed by atoms with E-state index in [-0.39, 0.29) is 16.5 Å². The fourth-order valence-electron chi connectivity index (χ4n) is 8.13. The minimum absolute atomic E-state index is 0.0773. The molecule has 0 N–H and O–H groups in total. The van der Waals surface area contributed by atoms with Crippen LogP contribution in [0.1, 0.15) is 49.9 Å². The molecule has 46 heavy (non-hydrogen) atoms. The average Bonchev–Trinajstić information content (AvgIpc) is 3.44. The predicted octanol–water partition coefficient (Wildman–Crippen LogP) is 11.0. The first-order chi connectivity index (χ1) is 22.2. The van der Waals surface area contributed by atoms with E-state index in [1.807, 2.05) is 30.3 Å². The van der Waals surface area contributed by atoms with Crippen molar-refractivity contribution in [1.29, 1.82) is 0 Å². The van der Waals surface area contributed by atoms with Crippen LogP contribution in [0.15, 0.2) is 137 Å². The molecule has 0 saturated carbocycles. The second-order valence-corrected chi connectivity index (χ2v) is 13.8. The van der Waals surface area contributed by atoms with Crippen LogP contribution in [0.2, 0.25) is 0 Å². The number of hydrogen-bond acceptors (Lipinski definition) is 3. The normalized spacial score (nSPS) is 15.0. The summed E-state index contributed by atoms with van der Waals surface area (Å²) in [7, 11) is 0. The van der Waals surface area contributed by atoms with Gasteiger partial charge in [0.2, 0.25) is 0 Å². The Labute approximate surface area is 268 Å². The van der Waals surface area contributed by atoms with Crippen molar-refractivity contribution in [3.63, 3.8) is 0 Å². The van der Waals surface area contributed by atoms with E-state index in [0.717, 1.165) is 27.8 Å². The van der Waals surface area contributed by atoms with Crippen LogP contribution in [0.4, 0.5) is 17.1 Å². The van der Waals surface area contributed by atoms with Crippen LogP contribution in [0.5, 0.6) is 0 Å². The first kappa shape index (κ1) is 26.9. The molecular weight excluding hydrogens is 562 g/mol. The largest absolute Gasteiger partial charge is 0.422 e. The van der Waals surface area contributed by atoms with E-state index in [2.05, 4.69) is 130 Å². The lowest BCUT2D eigenvalue weighted by Gasteiger charge is -2.29. The Bertz CT molecular complexity index is 2460. The summed E-state index contributed by atoms with van der Waals surface area (Å²) in [5, 5.41) is 2.43. The number of hydrogen-bond donors (Lipinski definition) is 0. The lowest BCUT2D eigenvalue weighted by Crippen LogP contribution is -2.17. The summed E-state index contributed by atoms with van der Waals surface area (Å²) in [4.78, 5) is 15.4. The second kappa shape index (κ2) is 9.31. The van der Waals surface area contributed by atoms with Crippen LogP contribution >= 0.6 is 0 Å². The molecule has 2 aliphatic carbocycles. The monoisotopic (exact) mass is 595 g/mol. The number of fused-ring (bicyclic) bond motifs is 9. The molecule has 1 aromatic heterocycles. The van der Waals surface area contributed by atoms with Crippen molar-refractivity contribution in [1.82, 2.24) is 0 Å². The smallest absolute Gasteiger partial charge is 0.344 e. The molecule has 3 heteroatoms. The molecule has 2 aliphatic rings. The molecule has 7 aromatic rings. The highest BCUT2D eigenvalue weighted by molar-refractivity contribution is 6.05. The summed E-state index contributed by atoms with van der Waals surface area (Å²) in [5.74, 6) is 0. The molecule has 0 amide bonds. The van der Waals surface area contributed by atoms with E-state index in [4.69, 9.17) is 4.42 Å². The SMILES string of the molecule is CC1(C)c2ccccc2-c2cc(N(c3ccc4c(c3)C(C)(C)c3ccccc3-4)c3ccc4c(c3)oc(=O)c3ccccc34)ccc21. The van der Waals surface area contributed by atoms with Gasteiger partial charge in [0.15, 0.2) is 0 Å². The Morgan fingerprint density at radius 1 is 0.457 bits per heavy atom. The fraction of sp³-hybridized carbons (Fsp3) is 0.140. The highest BCUT2D eigenvalue weighted by Gasteiger charge is 2.37. The van der Waals surface area contributed by atoms with Crippen LogP contribution in [0, 0.1) is 0 Å². The Morgan fingerprint density at radius 3 is 1.74 bits per heavy atom. The van der Waals surface area contributed by atoms with Crippen molar-refractivity contribution < 1.29 is 4.42 Å². The standard InChI is InChI=1S/C43H33NO2/c1-42(2)37-16-10-8-13-31(37)35-23-26(19-22-38(35)42)44(27-17-20-32-30-12-7-9-15-36(30)43(3,4)39(32)24-27)28-18-21-33-29-11-5-6-14-34(29)41(45)46-40(33)25-28/h5-25H,1-4H3. The van der Waals surface area contributed by atoms with Gasteiger partial charge < -0.3 is 9.32 Å². The summed E-state index contributed by atoms with van der Waals surface area (Å²) in [6.45, 7) is 9.25. The lowest BCUT2D eigenvalue weighted by atomic mass is 9.82. The van der Waals surface area contributed by atoms with Gasteiger partial charge in [-0.3, -0.25) is 0 Å². The first-order valence-electron chi connectivity index (χ1n) is 16.0. The van der Waals surface area contributed by atoms with Gasteiger partial charge in [0.1, 0.15) is 5.58 Å². The molecule has 0 aliphatic heterocycles. The van der Waals surface area contributed by atoms with Crippen LogP contribution in [-0.2, 0) is 10.8 Å². The Balaban J connectivity index is 1.28. The lowest BCUT2D eigenvalue weighted by molar-refractivity contribution is 0.570. The predicted molar refractivity (Wildman–Crippen MR) is 190 cm³/mol. The van der Waals surface area contributed by atoms with Crippen molar-refractivity contribution >= 4 is 38.8 Å². The maximum Gasteiger partial charge on any atom is 0.344 e. The minimum Gasteiger partial charge on any atom is -0.422 e. The second-order valence-electron chi connectivity index (χ2n) is 13.8. The van der Waals surface area contributed by atoms with Gasteiger partial charge in [-0.25, -0.2) is 4.79 Å². The van der Waals surface area contributed by atoms with E-state index in [1.165, 1.54) is 44.5 Å². The number of benzene rings is 6. The van der Waals surface area contributed by atoms with Crippen molar-refractivity contribution in [3.05, 3.63) is 160 Å². The molecule has 3 nitrogen and oxygen atoms in total. The third-order valence-electron chi connectivity index (χ3n) is 10.5. The summed E-state index contributed by atoms with van der Waals surface area (Å²) in [5.41, 5.74) is 13.6. The highest BCUT2D eigenvalue weighted by Crippen LogP contribution is 2.53. The van der Waals surface area contributed by atoms with Crippen LogP contribution in [0.25, 0.3) is 44.0 Å². The summed E-state index contributed by atoms with van der Waals surface area (Å²) >= 11 is 0. The van der Waals surface area contributed by atoms with Crippen molar-refractivity contribution in [2.75, 3.05) is 4.90 Å². The molecule has 0 bridgehead atoms. The Hall–Kier alpha value is -5.41. The molecule has 0 radical (unpaired) electrons. The third-order valence-corrected chi connectivity index (χ3v) is 10.5. The molecule has 0 saturated heterocycles. The van der Waals surface area contributed by atoms with Gasteiger partial charge in [-0.2, -0.15) is 0 Å². The summed E-state index contributed by atoms with van der Waals surface area (Å²) in [6.07, 6.45) is 0.